The Morgan fingerprint density at radius 2 is 1.89 bits per heavy atom. The minimum absolute atomic E-state index is 0.135. The molecule has 0 amide bonds. The molecule has 1 atom stereocenters. The molecule has 3 rings (SSSR count). The first-order valence-electron chi connectivity index (χ1n) is 10.1. The normalized spacial score (nSPS) is 17.2. The maximum Gasteiger partial charge on any atom is 0.217 e. The predicted octanol–water partition coefficient (Wildman–Crippen LogP) is 4.72. The van der Waals surface area contributed by atoms with Gasteiger partial charge in [-0.1, -0.05) is 38.1 Å². The third kappa shape index (κ3) is 6.55. The highest BCUT2D eigenvalue weighted by Gasteiger charge is 2.15. The Bertz CT molecular complexity index is 706. The van der Waals surface area contributed by atoms with E-state index in [-0.39, 0.29) is 11.9 Å². The number of rotatable bonds is 8. The lowest BCUT2D eigenvalue weighted by atomic mass is 10.00. The molecule has 1 saturated heterocycles. The number of aromatic hydroxyl groups is 1. The summed E-state index contributed by atoms with van der Waals surface area (Å²) in [5, 5.41) is 10.00. The fraction of sp³-hybridized carbons (Fsp3) is 0.522. The molecule has 0 spiro atoms. The van der Waals surface area contributed by atoms with Crippen LogP contribution in [0.2, 0.25) is 0 Å². The summed E-state index contributed by atoms with van der Waals surface area (Å²) in [6.45, 7) is 5.78. The minimum atomic E-state index is 0.135. The Kier molecular flexibility index (Phi) is 7.11. The Morgan fingerprint density at radius 3 is 2.59 bits per heavy atom. The predicted molar refractivity (Wildman–Crippen MR) is 107 cm³/mol. The van der Waals surface area contributed by atoms with Crippen LogP contribution in [0.25, 0.3) is 0 Å². The van der Waals surface area contributed by atoms with Gasteiger partial charge in [-0.05, 0) is 55.6 Å². The summed E-state index contributed by atoms with van der Waals surface area (Å²) in [6.07, 6.45) is 6.25. The molecule has 2 heterocycles. The summed E-state index contributed by atoms with van der Waals surface area (Å²) < 4.78 is 11.5. The van der Waals surface area contributed by atoms with Crippen LogP contribution in [-0.4, -0.2) is 29.4 Å². The van der Waals surface area contributed by atoms with Gasteiger partial charge in [0.25, 0.3) is 0 Å². The number of benzene rings is 1. The van der Waals surface area contributed by atoms with Crippen molar-refractivity contribution in [2.45, 2.75) is 58.5 Å². The van der Waals surface area contributed by atoms with Crippen molar-refractivity contribution in [3.8, 4) is 11.6 Å². The van der Waals surface area contributed by atoms with Crippen molar-refractivity contribution >= 4 is 0 Å². The molecule has 4 nitrogen and oxygen atoms in total. The summed E-state index contributed by atoms with van der Waals surface area (Å²) in [6, 6.07) is 12.1. The molecule has 1 aromatic heterocycles. The van der Waals surface area contributed by atoms with E-state index >= 15 is 0 Å². The lowest BCUT2D eigenvalue weighted by Gasteiger charge is -2.22. The molecule has 1 aliphatic heterocycles. The smallest absolute Gasteiger partial charge is 0.217 e. The fourth-order valence-corrected chi connectivity index (χ4v) is 3.45. The second-order valence-electron chi connectivity index (χ2n) is 7.87. The second-order valence-corrected chi connectivity index (χ2v) is 7.87. The van der Waals surface area contributed by atoms with Crippen molar-refractivity contribution in [1.29, 1.82) is 0 Å². The average Bonchev–Trinajstić information content (AvgIpc) is 2.66. The molecular formula is C23H31NO3. The largest absolute Gasteiger partial charge is 0.508 e. The third-order valence-corrected chi connectivity index (χ3v) is 4.87. The average molecular weight is 370 g/mol. The van der Waals surface area contributed by atoms with E-state index in [1.165, 1.54) is 17.5 Å². The first kappa shape index (κ1) is 19.7. The molecule has 1 aliphatic rings. The van der Waals surface area contributed by atoms with E-state index in [4.69, 9.17) is 9.47 Å². The molecule has 1 aromatic carbocycles. The number of hydrogen-bond donors (Lipinski definition) is 1. The summed E-state index contributed by atoms with van der Waals surface area (Å²) >= 11 is 0. The Labute approximate surface area is 162 Å². The highest BCUT2D eigenvalue weighted by Crippen LogP contribution is 2.21. The van der Waals surface area contributed by atoms with Gasteiger partial charge in [0.1, 0.15) is 12.4 Å². The standard InChI is InChI=1S/C23H31NO3/c1-17(2)13-19-8-6-18(7-9-19)10-11-20-14-21(25)15-23(24-20)27-16-22-5-3-4-12-26-22/h6-9,14-15,17,22H,3-5,10-13,16H2,1-2H3,(H,24,25). The molecule has 2 aromatic rings. The lowest BCUT2D eigenvalue weighted by Crippen LogP contribution is -2.26. The first-order chi connectivity index (χ1) is 13.1. The maximum atomic E-state index is 10.00. The Hall–Kier alpha value is -2.07. The van der Waals surface area contributed by atoms with Crippen LogP contribution in [0, 0.1) is 5.92 Å². The van der Waals surface area contributed by atoms with Gasteiger partial charge in [-0.15, -0.1) is 0 Å². The van der Waals surface area contributed by atoms with Gasteiger partial charge in [0.15, 0.2) is 0 Å². The van der Waals surface area contributed by atoms with Gasteiger partial charge in [-0.2, -0.15) is 0 Å². The van der Waals surface area contributed by atoms with E-state index < -0.39 is 0 Å². The van der Waals surface area contributed by atoms with Crippen molar-refractivity contribution in [3.05, 3.63) is 53.2 Å². The molecule has 146 valence electrons. The molecule has 4 heteroatoms. The minimum Gasteiger partial charge on any atom is -0.508 e. The highest BCUT2D eigenvalue weighted by molar-refractivity contribution is 5.30. The van der Waals surface area contributed by atoms with Gasteiger partial charge < -0.3 is 14.6 Å². The number of ether oxygens (including phenoxy) is 2. The van der Waals surface area contributed by atoms with Crippen molar-refractivity contribution in [1.82, 2.24) is 4.98 Å². The number of pyridine rings is 1. The molecule has 1 N–H and O–H groups in total. The number of hydrogen-bond acceptors (Lipinski definition) is 4. The van der Waals surface area contributed by atoms with Crippen molar-refractivity contribution < 1.29 is 14.6 Å². The molecular weight excluding hydrogens is 338 g/mol. The summed E-state index contributed by atoms with van der Waals surface area (Å²) in [5.41, 5.74) is 3.51. The Morgan fingerprint density at radius 1 is 1.11 bits per heavy atom. The van der Waals surface area contributed by atoms with Gasteiger partial charge >= 0.3 is 0 Å². The van der Waals surface area contributed by atoms with Crippen LogP contribution >= 0.6 is 0 Å². The second kappa shape index (κ2) is 9.75. The van der Waals surface area contributed by atoms with Gasteiger partial charge in [0, 0.05) is 24.4 Å². The molecule has 0 radical (unpaired) electrons. The SMILES string of the molecule is CC(C)Cc1ccc(CCc2cc(O)cc(OCC3CCCCO3)n2)cc1. The zero-order chi connectivity index (χ0) is 19.1. The number of nitrogens with zero attached hydrogens (tertiary/aromatic N) is 1. The topological polar surface area (TPSA) is 51.6 Å². The lowest BCUT2D eigenvalue weighted by molar-refractivity contribution is -0.0120. The summed E-state index contributed by atoms with van der Waals surface area (Å²) in [7, 11) is 0. The third-order valence-electron chi connectivity index (χ3n) is 4.87. The molecule has 1 fully saturated rings. The fourth-order valence-electron chi connectivity index (χ4n) is 3.45. The molecule has 27 heavy (non-hydrogen) atoms. The van der Waals surface area contributed by atoms with E-state index in [9.17, 15) is 5.11 Å². The van der Waals surface area contributed by atoms with Crippen molar-refractivity contribution in [3.63, 3.8) is 0 Å². The van der Waals surface area contributed by atoms with E-state index in [1.54, 1.807) is 12.1 Å². The summed E-state index contributed by atoms with van der Waals surface area (Å²) in [5.74, 6) is 1.35. The molecule has 0 saturated carbocycles. The van der Waals surface area contributed by atoms with Crippen LogP contribution in [0.4, 0.5) is 0 Å². The number of aromatic nitrogens is 1. The van der Waals surface area contributed by atoms with Crippen molar-refractivity contribution in [2.24, 2.45) is 5.92 Å². The van der Waals surface area contributed by atoms with Gasteiger partial charge in [-0.3, -0.25) is 0 Å². The zero-order valence-corrected chi connectivity index (χ0v) is 16.5. The van der Waals surface area contributed by atoms with E-state index in [2.05, 4.69) is 43.1 Å². The van der Waals surface area contributed by atoms with Gasteiger partial charge in [-0.25, -0.2) is 4.98 Å². The zero-order valence-electron chi connectivity index (χ0n) is 16.5. The van der Waals surface area contributed by atoms with Crippen LogP contribution in [0.1, 0.15) is 49.9 Å². The van der Waals surface area contributed by atoms with Crippen LogP contribution in [0.5, 0.6) is 11.6 Å². The van der Waals surface area contributed by atoms with E-state index in [1.807, 2.05) is 0 Å². The van der Waals surface area contributed by atoms with Crippen molar-refractivity contribution in [2.75, 3.05) is 13.2 Å². The quantitative estimate of drug-likeness (QED) is 0.731. The van der Waals surface area contributed by atoms with Gasteiger partial charge in [0.05, 0.1) is 6.10 Å². The van der Waals surface area contributed by atoms with Gasteiger partial charge in [0.2, 0.25) is 5.88 Å². The van der Waals surface area contributed by atoms with E-state index in [0.717, 1.165) is 44.4 Å². The van der Waals surface area contributed by atoms with Crippen LogP contribution in [0.3, 0.4) is 0 Å². The van der Waals surface area contributed by atoms with E-state index in [0.29, 0.717) is 18.4 Å². The monoisotopic (exact) mass is 369 g/mol. The summed E-state index contributed by atoms with van der Waals surface area (Å²) in [4.78, 5) is 4.55. The van der Waals surface area contributed by atoms with Crippen LogP contribution in [0.15, 0.2) is 36.4 Å². The molecule has 0 aliphatic carbocycles. The molecule has 1 unspecified atom stereocenters. The Balaban J connectivity index is 1.54. The first-order valence-corrected chi connectivity index (χ1v) is 10.1. The highest BCUT2D eigenvalue weighted by atomic mass is 16.5. The maximum absolute atomic E-state index is 10.00. The number of aryl methyl sites for hydroxylation is 2. The molecule has 0 bridgehead atoms. The van der Waals surface area contributed by atoms with Crippen LogP contribution in [-0.2, 0) is 24.0 Å². The van der Waals surface area contributed by atoms with Crippen LogP contribution < -0.4 is 4.74 Å².